The minimum atomic E-state index is -2.13. The Labute approximate surface area is 89.3 Å². The number of aliphatic hydroxyl groups is 5. The van der Waals surface area contributed by atoms with Crippen molar-refractivity contribution in [1.82, 2.24) is 0 Å². The van der Waals surface area contributed by atoms with Crippen LogP contribution in [0.5, 0.6) is 0 Å². The molecule has 1 fully saturated rings. The highest BCUT2D eigenvalue weighted by Gasteiger charge is 2.52. The molecule has 0 bridgehead atoms. The molecule has 0 saturated carbocycles. The summed E-state index contributed by atoms with van der Waals surface area (Å²) in [6.45, 7) is -0.582. The van der Waals surface area contributed by atoms with Crippen LogP contribution in [0.3, 0.4) is 0 Å². The predicted molar refractivity (Wildman–Crippen MR) is 51.5 cm³/mol. The molecule has 1 aliphatic heterocycles. The standard InChI is InChI=1S/C6H12O6S2/c7-1-2-3(8)4(9)5(10)6(11,12-2)14-13/h2-5,7-11,13H,1H2/t2-,3-,4+,5-,6?/m1/s1. The highest BCUT2D eigenvalue weighted by atomic mass is 33.1. The molecule has 6 nitrogen and oxygen atoms in total. The van der Waals surface area contributed by atoms with Crippen molar-refractivity contribution in [2.24, 2.45) is 0 Å². The van der Waals surface area contributed by atoms with Gasteiger partial charge in [0.25, 0.3) is 5.12 Å². The molecule has 1 saturated heterocycles. The molecule has 1 rings (SSSR count). The van der Waals surface area contributed by atoms with E-state index in [0.717, 1.165) is 0 Å². The Bertz CT molecular complexity index is 203. The van der Waals surface area contributed by atoms with Crippen molar-refractivity contribution in [3.8, 4) is 0 Å². The lowest BCUT2D eigenvalue weighted by Gasteiger charge is -2.43. The van der Waals surface area contributed by atoms with Crippen LogP contribution in [-0.4, -0.2) is 61.7 Å². The van der Waals surface area contributed by atoms with E-state index in [1.807, 2.05) is 0 Å². The molecule has 0 aromatic rings. The third kappa shape index (κ3) is 2.02. The maximum absolute atomic E-state index is 9.57. The minimum Gasteiger partial charge on any atom is -0.394 e. The monoisotopic (exact) mass is 244 g/mol. The summed E-state index contributed by atoms with van der Waals surface area (Å²) in [4.78, 5) is 0. The topological polar surface area (TPSA) is 110 Å². The van der Waals surface area contributed by atoms with Gasteiger partial charge in [-0.1, -0.05) is 0 Å². The zero-order valence-electron chi connectivity index (χ0n) is 7.02. The van der Waals surface area contributed by atoms with Crippen molar-refractivity contribution < 1.29 is 30.3 Å². The molecular formula is C6H12O6S2. The van der Waals surface area contributed by atoms with Crippen LogP contribution in [0.15, 0.2) is 0 Å². The summed E-state index contributed by atoms with van der Waals surface area (Å²) >= 11 is 3.67. The van der Waals surface area contributed by atoms with Crippen LogP contribution in [0.25, 0.3) is 0 Å². The number of hydrogen-bond donors (Lipinski definition) is 6. The van der Waals surface area contributed by atoms with Gasteiger partial charge in [-0.25, -0.2) is 0 Å². The Balaban J connectivity index is 2.84. The van der Waals surface area contributed by atoms with Crippen LogP contribution in [0.4, 0.5) is 0 Å². The lowest BCUT2D eigenvalue weighted by atomic mass is 9.99. The van der Waals surface area contributed by atoms with Gasteiger partial charge in [0.1, 0.15) is 24.4 Å². The molecule has 0 radical (unpaired) electrons. The third-order valence-corrected chi connectivity index (χ3v) is 3.44. The summed E-state index contributed by atoms with van der Waals surface area (Å²) in [6, 6.07) is 0. The summed E-state index contributed by atoms with van der Waals surface area (Å²) in [7, 11) is 0.477. The molecule has 0 spiro atoms. The van der Waals surface area contributed by atoms with Gasteiger partial charge in [-0.2, -0.15) is 0 Å². The van der Waals surface area contributed by atoms with Crippen molar-refractivity contribution >= 4 is 22.5 Å². The van der Waals surface area contributed by atoms with E-state index in [1.54, 1.807) is 0 Å². The zero-order chi connectivity index (χ0) is 10.9. The van der Waals surface area contributed by atoms with Gasteiger partial charge in [-0.15, -0.1) is 11.7 Å². The molecule has 0 amide bonds. The second kappa shape index (κ2) is 4.54. The van der Waals surface area contributed by atoms with Gasteiger partial charge in [0.2, 0.25) is 0 Å². The van der Waals surface area contributed by atoms with Crippen molar-refractivity contribution in [2.45, 2.75) is 29.5 Å². The molecule has 1 aliphatic rings. The average Bonchev–Trinajstić information content (AvgIpc) is 2.20. The number of rotatable bonds is 2. The minimum absolute atomic E-state index is 0.477. The van der Waals surface area contributed by atoms with Gasteiger partial charge in [0, 0.05) is 0 Å². The number of ether oxygens (including phenoxy) is 1. The smallest absolute Gasteiger partial charge is 0.255 e. The molecule has 14 heavy (non-hydrogen) atoms. The molecule has 0 aliphatic carbocycles. The molecule has 0 aromatic carbocycles. The summed E-state index contributed by atoms with van der Waals surface area (Å²) in [5, 5.41) is 44.2. The highest BCUT2D eigenvalue weighted by Crippen LogP contribution is 2.38. The van der Waals surface area contributed by atoms with Gasteiger partial charge < -0.3 is 30.3 Å². The molecule has 5 atom stereocenters. The predicted octanol–water partition coefficient (Wildman–Crippen LogP) is -2.32. The van der Waals surface area contributed by atoms with Crippen LogP contribution in [0.1, 0.15) is 0 Å². The van der Waals surface area contributed by atoms with Crippen LogP contribution in [0, 0.1) is 0 Å². The fraction of sp³-hybridized carbons (Fsp3) is 1.00. The second-order valence-corrected chi connectivity index (χ2v) is 4.30. The SMILES string of the molecule is OC[C@H]1OC(O)(SS)[C@H](O)[C@@H](O)[C@@H]1O. The fourth-order valence-electron chi connectivity index (χ4n) is 1.20. The Morgan fingerprint density at radius 3 is 2.29 bits per heavy atom. The molecule has 5 N–H and O–H groups in total. The summed E-state index contributed by atoms with van der Waals surface area (Å²) < 4.78 is 4.80. The van der Waals surface area contributed by atoms with Crippen molar-refractivity contribution in [3.63, 3.8) is 0 Å². The Morgan fingerprint density at radius 2 is 1.86 bits per heavy atom. The van der Waals surface area contributed by atoms with E-state index in [0.29, 0.717) is 10.8 Å². The van der Waals surface area contributed by atoms with E-state index in [4.69, 9.17) is 9.84 Å². The van der Waals surface area contributed by atoms with Gasteiger partial charge in [0.05, 0.1) is 6.61 Å². The first kappa shape index (κ1) is 12.5. The first-order chi connectivity index (χ1) is 6.46. The van der Waals surface area contributed by atoms with Gasteiger partial charge in [0.15, 0.2) is 0 Å². The Kier molecular flexibility index (Phi) is 4.06. The van der Waals surface area contributed by atoms with Crippen LogP contribution < -0.4 is 0 Å². The van der Waals surface area contributed by atoms with E-state index in [2.05, 4.69) is 11.7 Å². The van der Waals surface area contributed by atoms with E-state index in [9.17, 15) is 20.4 Å². The van der Waals surface area contributed by atoms with Crippen molar-refractivity contribution in [2.75, 3.05) is 6.61 Å². The molecule has 84 valence electrons. The molecule has 0 aromatic heterocycles. The fourth-order valence-corrected chi connectivity index (χ4v) is 2.07. The third-order valence-electron chi connectivity index (χ3n) is 2.06. The molecule has 1 heterocycles. The van der Waals surface area contributed by atoms with Gasteiger partial charge >= 0.3 is 0 Å². The number of thiol groups is 1. The average molecular weight is 244 g/mol. The van der Waals surface area contributed by atoms with E-state index in [1.165, 1.54) is 0 Å². The number of hydrogen-bond acceptors (Lipinski definition) is 8. The highest BCUT2D eigenvalue weighted by molar-refractivity contribution is 8.69. The first-order valence-corrected chi connectivity index (χ1v) is 5.71. The quantitative estimate of drug-likeness (QED) is 0.184. The Morgan fingerprint density at radius 1 is 1.29 bits per heavy atom. The van der Waals surface area contributed by atoms with Gasteiger partial charge in [-0.05, 0) is 10.8 Å². The van der Waals surface area contributed by atoms with E-state index >= 15 is 0 Å². The first-order valence-electron chi connectivity index (χ1n) is 3.84. The maximum atomic E-state index is 9.57. The summed E-state index contributed by atoms with van der Waals surface area (Å²) in [5.41, 5.74) is 0. The zero-order valence-corrected chi connectivity index (χ0v) is 8.73. The maximum Gasteiger partial charge on any atom is 0.255 e. The second-order valence-electron chi connectivity index (χ2n) is 2.99. The van der Waals surface area contributed by atoms with E-state index in [-0.39, 0.29) is 0 Å². The lowest BCUT2D eigenvalue weighted by Crippen LogP contribution is -2.63. The van der Waals surface area contributed by atoms with Crippen molar-refractivity contribution in [1.29, 1.82) is 0 Å². The summed E-state index contributed by atoms with van der Waals surface area (Å²) in [6.07, 6.45) is -5.89. The lowest BCUT2D eigenvalue weighted by molar-refractivity contribution is -0.304. The molecule has 1 unspecified atom stereocenters. The molecular weight excluding hydrogens is 232 g/mol. The van der Waals surface area contributed by atoms with E-state index < -0.39 is 36.1 Å². The van der Waals surface area contributed by atoms with Crippen molar-refractivity contribution in [3.05, 3.63) is 0 Å². The van der Waals surface area contributed by atoms with Gasteiger partial charge in [-0.3, -0.25) is 0 Å². The molecule has 8 heteroatoms. The van der Waals surface area contributed by atoms with Crippen LogP contribution in [-0.2, 0) is 4.74 Å². The summed E-state index contributed by atoms with van der Waals surface area (Å²) in [5.74, 6) is 0. The Hall–Kier alpha value is 0.460. The van der Waals surface area contributed by atoms with Crippen LogP contribution >= 0.6 is 22.5 Å². The normalized spacial score (nSPS) is 49.3. The largest absolute Gasteiger partial charge is 0.394 e. The number of aliphatic hydroxyl groups excluding tert-OH is 4. The van der Waals surface area contributed by atoms with Crippen LogP contribution in [0.2, 0.25) is 0 Å².